The smallest absolute Gasteiger partial charge is 0.267 e. The third-order valence-corrected chi connectivity index (χ3v) is 2.41. The first-order valence-corrected chi connectivity index (χ1v) is 5.07. The average molecular weight is 210 g/mol. The second-order valence-electron chi connectivity index (χ2n) is 2.78. The van der Waals surface area contributed by atoms with Gasteiger partial charge in [-0.25, -0.2) is 4.98 Å². The van der Waals surface area contributed by atoms with E-state index in [9.17, 15) is 0 Å². The molecular weight excluding hydrogens is 200 g/mol. The van der Waals surface area contributed by atoms with Crippen LogP contribution >= 0.6 is 11.3 Å². The van der Waals surface area contributed by atoms with Gasteiger partial charge in [-0.2, -0.15) is 0 Å². The van der Waals surface area contributed by atoms with Crippen molar-refractivity contribution in [1.29, 1.82) is 0 Å². The minimum absolute atomic E-state index is 0.486. The average Bonchev–Trinajstić information content (AvgIpc) is 2.74. The lowest BCUT2D eigenvalue weighted by atomic mass is 10.5. The van der Waals surface area contributed by atoms with E-state index in [0.29, 0.717) is 18.3 Å². The molecule has 0 atom stereocenters. The van der Waals surface area contributed by atoms with E-state index in [1.54, 1.807) is 11.3 Å². The highest BCUT2D eigenvalue weighted by Crippen LogP contribution is 2.19. The summed E-state index contributed by atoms with van der Waals surface area (Å²) in [5.74, 6) is 1.06. The van der Waals surface area contributed by atoms with Crippen LogP contribution < -0.4 is 5.32 Å². The molecule has 0 aliphatic heterocycles. The Bertz CT molecular complexity index is 422. The second kappa shape index (κ2) is 3.85. The van der Waals surface area contributed by atoms with E-state index in [0.717, 1.165) is 10.7 Å². The second-order valence-corrected chi connectivity index (χ2v) is 3.85. The number of nitrogens with one attached hydrogen (secondary N) is 1. The van der Waals surface area contributed by atoms with E-state index in [1.165, 1.54) is 0 Å². The van der Waals surface area contributed by atoms with Crippen molar-refractivity contribution in [3.05, 3.63) is 16.3 Å². The summed E-state index contributed by atoms with van der Waals surface area (Å²) < 4.78 is 5.38. The fourth-order valence-corrected chi connectivity index (χ4v) is 1.63. The molecule has 0 radical (unpaired) electrons. The Morgan fingerprint density at radius 2 is 2.36 bits per heavy atom. The lowest BCUT2D eigenvalue weighted by Crippen LogP contribution is -2.04. The van der Waals surface area contributed by atoms with Crippen LogP contribution in [0.4, 0.5) is 0 Å². The number of hydrogen-bond donors (Lipinski definition) is 1. The van der Waals surface area contributed by atoms with Gasteiger partial charge in [0.2, 0.25) is 5.89 Å². The highest BCUT2D eigenvalue weighted by Gasteiger charge is 2.10. The molecule has 6 heteroatoms. The summed E-state index contributed by atoms with van der Waals surface area (Å²) in [6.07, 6.45) is 0. The van der Waals surface area contributed by atoms with Crippen molar-refractivity contribution in [2.75, 3.05) is 7.05 Å². The molecule has 0 aliphatic carbocycles. The maximum absolute atomic E-state index is 5.38. The largest absolute Gasteiger partial charge is 0.418 e. The van der Waals surface area contributed by atoms with Crippen LogP contribution in [0.3, 0.4) is 0 Å². The molecule has 2 heterocycles. The van der Waals surface area contributed by atoms with Crippen LogP contribution in [0.2, 0.25) is 0 Å². The molecule has 2 aromatic rings. The number of rotatable bonds is 3. The molecule has 0 unspecified atom stereocenters. The topological polar surface area (TPSA) is 63.8 Å². The van der Waals surface area contributed by atoms with Gasteiger partial charge in [-0.15, -0.1) is 21.5 Å². The van der Waals surface area contributed by atoms with Gasteiger partial charge < -0.3 is 9.73 Å². The molecule has 74 valence electrons. The monoisotopic (exact) mass is 210 g/mol. The predicted molar refractivity (Wildman–Crippen MR) is 52.9 cm³/mol. The van der Waals surface area contributed by atoms with E-state index in [1.807, 2.05) is 19.4 Å². The minimum Gasteiger partial charge on any atom is -0.418 e. The lowest BCUT2D eigenvalue weighted by Gasteiger charge is -1.88. The van der Waals surface area contributed by atoms with Crippen LogP contribution in [0.25, 0.3) is 11.6 Å². The van der Waals surface area contributed by atoms with Gasteiger partial charge in [0.15, 0.2) is 0 Å². The Hall–Kier alpha value is -1.27. The van der Waals surface area contributed by atoms with Crippen molar-refractivity contribution in [2.45, 2.75) is 13.5 Å². The first-order valence-electron chi connectivity index (χ1n) is 4.19. The molecule has 5 nitrogen and oxygen atoms in total. The normalized spacial score (nSPS) is 10.7. The molecule has 0 fully saturated rings. The third kappa shape index (κ3) is 1.80. The summed E-state index contributed by atoms with van der Waals surface area (Å²) in [5, 5.41) is 13.6. The standard InChI is InChI=1S/C8H10N4OS/c1-5-10-6(4-14-5)8-12-11-7(13-8)3-9-2/h4,9H,3H2,1-2H3. The number of nitrogens with zero attached hydrogens (tertiary/aromatic N) is 3. The SMILES string of the molecule is CNCc1nnc(-c2csc(C)n2)o1. The van der Waals surface area contributed by atoms with E-state index >= 15 is 0 Å². The maximum atomic E-state index is 5.38. The van der Waals surface area contributed by atoms with Crippen molar-refractivity contribution >= 4 is 11.3 Å². The van der Waals surface area contributed by atoms with Gasteiger partial charge >= 0.3 is 0 Å². The Balaban J connectivity index is 2.24. The molecule has 0 bridgehead atoms. The molecule has 1 N–H and O–H groups in total. The molecule has 0 saturated carbocycles. The van der Waals surface area contributed by atoms with Crippen molar-refractivity contribution in [3.8, 4) is 11.6 Å². The first-order chi connectivity index (χ1) is 6.79. The van der Waals surface area contributed by atoms with E-state index in [4.69, 9.17) is 4.42 Å². The van der Waals surface area contributed by atoms with Gasteiger partial charge in [0.05, 0.1) is 11.6 Å². The fraction of sp³-hybridized carbons (Fsp3) is 0.375. The highest BCUT2D eigenvalue weighted by molar-refractivity contribution is 7.09. The lowest BCUT2D eigenvalue weighted by molar-refractivity contribution is 0.489. The van der Waals surface area contributed by atoms with Gasteiger partial charge in [-0.05, 0) is 14.0 Å². The first kappa shape index (κ1) is 9.29. The highest BCUT2D eigenvalue weighted by atomic mass is 32.1. The molecule has 2 aromatic heterocycles. The Kier molecular flexibility index (Phi) is 2.55. The zero-order valence-corrected chi connectivity index (χ0v) is 8.76. The molecule has 14 heavy (non-hydrogen) atoms. The van der Waals surface area contributed by atoms with E-state index < -0.39 is 0 Å². The third-order valence-electron chi connectivity index (χ3n) is 1.63. The van der Waals surface area contributed by atoms with Crippen LogP contribution in [0.1, 0.15) is 10.9 Å². The van der Waals surface area contributed by atoms with Gasteiger partial charge in [0.1, 0.15) is 5.69 Å². The van der Waals surface area contributed by atoms with Crippen molar-refractivity contribution in [1.82, 2.24) is 20.5 Å². The Labute approximate surface area is 85.2 Å². The summed E-state index contributed by atoms with van der Waals surface area (Å²) in [6.45, 7) is 2.52. The van der Waals surface area contributed by atoms with Crippen LogP contribution in [-0.2, 0) is 6.54 Å². The quantitative estimate of drug-likeness (QED) is 0.825. The van der Waals surface area contributed by atoms with Crippen molar-refractivity contribution in [2.24, 2.45) is 0 Å². The summed E-state index contributed by atoms with van der Waals surface area (Å²) in [5.41, 5.74) is 0.752. The summed E-state index contributed by atoms with van der Waals surface area (Å²) >= 11 is 1.57. The van der Waals surface area contributed by atoms with Crippen molar-refractivity contribution in [3.63, 3.8) is 0 Å². The van der Waals surface area contributed by atoms with Crippen LogP contribution in [0.5, 0.6) is 0 Å². The number of thiazole rings is 1. The molecule has 0 aliphatic rings. The molecule has 0 amide bonds. The number of hydrogen-bond acceptors (Lipinski definition) is 6. The summed E-state index contributed by atoms with van der Waals surface area (Å²) in [6, 6.07) is 0. The predicted octanol–water partition coefficient (Wildman–Crippen LogP) is 1.22. The van der Waals surface area contributed by atoms with Gasteiger partial charge in [-0.3, -0.25) is 0 Å². The van der Waals surface area contributed by atoms with Crippen LogP contribution in [0.15, 0.2) is 9.80 Å². The Morgan fingerprint density at radius 1 is 1.50 bits per heavy atom. The molecular formula is C8H10N4OS. The number of aromatic nitrogens is 3. The van der Waals surface area contributed by atoms with Crippen molar-refractivity contribution < 1.29 is 4.42 Å². The fourth-order valence-electron chi connectivity index (χ4n) is 1.04. The van der Waals surface area contributed by atoms with Crippen LogP contribution in [-0.4, -0.2) is 22.2 Å². The summed E-state index contributed by atoms with van der Waals surface area (Å²) in [7, 11) is 1.83. The Morgan fingerprint density at radius 3 is 3.00 bits per heavy atom. The molecule has 0 spiro atoms. The molecule has 0 aromatic carbocycles. The van der Waals surface area contributed by atoms with Gasteiger partial charge in [0, 0.05) is 5.38 Å². The molecule has 0 saturated heterocycles. The van der Waals surface area contributed by atoms with Crippen LogP contribution in [0, 0.1) is 6.92 Å². The van der Waals surface area contributed by atoms with Gasteiger partial charge in [-0.1, -0.05) is 0 Å². The number of aryl methyl sites for hydroxylation is 1. The molecule has 2 rings (SSSR count). The van der Waals surface area contributed by atoms with Gasteiger partial charge in [0.25, 0.3) is 5.89 Å². The van der Waals surface area contributed by atoms with E-state index in [-0.39, 0.29) is 0 Å². The van der Waals surface area contributed by atoms with E-state index in [2.05, 4.69) is 20.5 Å². The minimum atomic E-state index is 0.486. The maximum Gasteiger partial charge on any atom is 0.267 e. The zero-order chi connectivity index (χ0) is 9.97. The zero-order valence-electron chi connectivity index (χ0n) is 7.94. The summed E-state index contributed by atoms with van der Waals surface area (Å²) in [4.78, 5) is 4.26.